The molecule has 1 aliphatic rings. The van der Waals surface area contributed by atoms with E-state index in [1.54, 1.807) is 12.1 Å². The van der Waals surface area contributed by atoms with Crippen molar-refractivity contribution in [3.8, 4) is 0 Å². The van der Waals surface area contributed by atoms with Crippen LogP contribution in [0.3, 0.4) is 0 Å². The lowest BCUT2D eigenvalue weighted by molar-refractivity contribution is 0.110. The van der Waals surface area contributed by atoms with Crippen LogP contribution in [0.15, 0.2) is 24.3 Å². The van der Waals surface area contributed by atoms with Crippen molar-refractivity contribution in [2.45, 2.75) is 12.5 Å². The second kappa shape index (κ2) is 7.69. The molecule has 0 saturated carbocycles. The maximum Gasteiger partial charge on any atom is 0.123 e. The largest absolute Gasteiger partial charge is 0.395 e. The van der Waals surface area contributed by atoms with Gasteiger partial charge in [-0.3, -0.25) is 4.90 Å². The van der Waals surface area contributed by atoms with Crippen LogP contribution in [0.1, 0.15) is 18.0 Å². The van der Waals surface area contributed by atoms with E-state index in [0.29, 0.717) is 0 Å². The van der Waals surface area contributed by atoms with E-state index in [4.69, 9.17) is 10.8 Å². The Bertz CT molecular complexity index is 391. The minimum absolute atomic E-state index is 0.0360. The highest BCUT2D eigenvalue weighted by Gasteiger charge is 2.17. The zero-order chi connectivity index (χ0) is 14.4. The number of nitrogens with zero attached hydrogens (tertiary/aromatic N) is 2. The Labute approximate surface area is 120 Å². The first-order chi connectivity index (χ1) is 9.69. The van der Waals surface area contributed by atoms with E-state index in [1.807, 2.05) is 0 Å². The van der Waals surface area contributed by atoms with Crippen LogP contribution in [0.2, 0.25) is 0 Å². The van der Waals surface area contributed by atoms with Gasteiger partial charge < -0.3 is 15.7 Å². The molecule has 20 heavy (non-hydrogen) atoms. The molecule has 0 radical (unpaired) electrons. The molecule has 112 valence electrons. The number of benzene rings is 1. The lowest BCUT2D eigenvalue weighted by atomic mass is 10.0. The quantitative estimate of drug-likeness (QED) is 0.811. The molecule has 0 aromatic heterocycles. The molecule has 0 aliphatic carbocycles. The van der Waals surface area contributed by atoms with E-state index in [2.05, 4.69) is 9.80 Å². The van der Waals surface area contributed by atoms with Gasteiger partial charge in [-0.05, 0) is 24.1 Å². The average molecular weight is 281 g/mol. The highest BCUT2D eigenvalue weighted by Crippen LogP contribution is 2.15. The monoisotopic (exact) mass is 281 g/mol. The van der Waals surface area contributed by atoms with Gasteiger partial charge in [0.25, 0.3) is 0 Å². The first kappa shape index (κ1) is 15.4. The molecule has 1 unspecified atom stereocenters. The third-order valence-electron chi connectivity index (χ3n) is 3.94. The van der Waals surface area contributed by atoms with Gasteiger partial charge in [0, 0.05) is 45.3 Å². The number of rotatable bonds is 6. The fourth-order valence-corrected chi connectivity index (χ4v) is 2.58. The first-order valence-corrected chi connectivity index (χ1v) is 7.25. The van der Waals surface area contributed by atoms with Gasteiger partial charge in [-0.2, -0.15) is 0 Å². The van der Waals surface area contributed by atoms with Crippen LogP contribution >= 0.6 is 0 Å². The number of halogens is 1. The molecule has 1 fully saturated rings. The molecule has 3 N–H and O–H groups in total. The van der Waals surface area contributed by atoms with Crippen molar-refractivity contribution in [3.63, 3.8) is 0 Å². The molecule has 2 rings (SSSR count). The summed E-state index contributed by atoms with van der Waals surface area (Å²) in [6, 6.07) is 6.41. The number of nitrogens with two attached hydrogens (primary N) is 1. The first-order valence-electron chi connectivity index (χ1n) is 7.25. The highest BCUT2D eigenvalue weighted by molar-refractivity contribution is 5.19. The van der Waals surface area contributed by atoms with Crippen LogP contribution < -0.4 is 5.73 Å². The number of β-amino-alcohol motifs (C(OH)–C–C–N with tert-alkyl or cyclic N) is 1. The van der Waals surface area contributed by atoms with Gasteiger partial charge in [-0.15, -0.1) is 0 Å². The predicted molar refractivity (Wildman–Crippen MR) is 77.9 cm³/mol. The fourth-order valence-electron chi connectivity index (χ4n) is 2.58. The van der Waals surface area contributed by atoms with Crippen molar-refractivity contribution in [1.82, 2.24) is 9.80 Å². The van der Waals surface area contributed by atoms with Gasteiger partial charge in [0.05, 0.1) is 6.61 Å². The summed E-state index contributed by atoms with van der Waals surface area (Å²) in [7, 11) is 0. The Morgan fingerprint density at radius 3 is 2.15 bits per heavy atom. The summed E-state index contributed by atoms with van der Waals surface area (Å²) in [5.41, 5.74) is 7.14. The third-order valence-corrected chi connectivity index (χ3v) is 3.94. The normalized spacial score (nSPS) is 19.1. The number of aliphatic hydroxyl groups is 1. The van der Waals surface area contributed by atoms with Crippen LogP contribution in [-0.4, -0.2) is 60.8 Å². The lowest BCUT2D eigenvalue weighted by Crippen LogP contribution is -2.47. The van der Waals surface area contributed by atoms with Gasteiger partial charge in [-0.1, -0.05) is 12.1 Å². The maximum atomic E-state index is 12.9. The fraction of sp³-hybridized carbons (Fsp3) is 0.600. The minimum Gasteiger partial charge on any atom is -0.395 e. The summed E-state index contributed by atoms with van der Waals surface area (Å²) < 4.78 is 12.9. The SMILES string of the molecule is NC(CCN1CCN(CCO)CC1)c1ccc(F)cc1. The molecule has 1 aromatic rings. The summed E-state index contributed by atoms with van der Waals surface area (Å²) in [6.45, 7) is 6.02. The Balaban J connectivity index is 1.71. The van der Waals surface area contributed by atoms with Gasteiger partial charge in [0.2, 0.25) is 0 Å². The van der Waals surface area contributed by atoms with Crippen molar-refractivity contribution in [2.24, 2.45) is 5.73 Å². The standard InChI is InChI=1S/C15H24FN3O/c16-14-3-1-13(2-4-14)15(17)5-6-18-7-9-19(10-8-18)11-12-20/h1-4,15,20H,5-12,17H2. The Morgan fingerprint density at radius 1 is 1.05 bits per heavy atom. The van der Waals surface area contributed by atoms with E-state index < -0.39 is 0 Å². The molecule has 5 heteroatoms. The van der Waals surface area contributed by atoms with Gasteiger partial charge in [0.15, 0.2) is 0 Å². The van der Waals surface area contributed by atoms with Crippen LogP contribution in [0.5, 0.6) is 0 Å². The Morgan fingerprint density at radius 2 is 1.60 bits per heavy atom. The van der Waals surface area contributed by atoms with Crippen LogP contribution in [-0.2, 0) is 0 Å². The molecule has 1 saturated heterocycles. The van der Waals surface area contributed by atoms with Crippen LogP contribution in [0.25, 0.3) is 0 Å². The lowest BCUT2D eigenvalue weighted by Gasteiger charge is -2.34. The zero-order valence-electron chi connectivity index (χ0n) is 11.8. The van der Waals surface area contributed by atoms with E-state index in [9.17, 15) is 4.39 Å². The average Bonchev–Trinajstić information content (AvgIpc) is 2.47. The smallest absolute Gasteiger partial charge is 0.123 e. The molecule has 1 heterocycles. The van der Waals surface area contributed by atoms with Crippen molar-refractivity contribution in [2.75, 3.05) is 45.9 Å². The number of aliphatic hydroxyl groups excluding tert-OH is 1. The van der Waals surface area contributed by atoms with Crippen LogP contribution in [0, 0.1) is 5.82 Å². The molecule has 0 spiro atoms. The predicted octanol–water partition coefficient (Wildman–Crippen LogP) is 0.826. The summed E-state index contributed by atoms with van der Waals surface area (Å²) in [6.07, 6.45) is 0.881. The Kier molecular flexibility index (Phi) is 5.91. The molecule has 4 nitrogen and oxygen atoms in total. The topological polar surface area (TPSA) is 52.7 Å². The molecule has 1 aliphatic heterocycles. The van der Waals surface area contributed by atoms with Crippen molar-refractivity contribution < 1.29 is 9.50 Å². The number of hydrogen-bond donors (Lipinski definition) is 2. The second-order valence-electron chi connectivity index (χ2n) is 5.35. The second-order valence-corrected chi connectivity index (χ2v) is 5.35. The maximum absolute atomic E-state index is 12.9. The van der Waals surface area contributed by atoms with Gasteiger partial charge >= 0.3 is 0 Å². The minimum atomic E-state index is -0.221. The summed E-state index contributed by atoms with van der Waals surface area (Å²) in [4.78, 5) is 4.67. The van der Waals surface area contributed by atoms with E-state index in [1.165, 1.54) is 12.1 Å². The Hall–Kier alpha value is -1.01. The van der Waals surface area contributed by atoms with E-state index in [-0.39, 0.29) is 18.5 Å². The van der Waals surface area contributed by atoms with Crippen molar-refractivity contribution in [1.29, 1.82) is 0 Å². The molecule has 1 aromatic carbocycles. The van der Waals surface area contributed by atoms with Gasteiger partial charge in [-0.25, -0.2) is 4.39 Å². The third kappa shape index (κ3) is 4.52. The number of piperazine rings is 1. The van der Waals surface area contributed by atoms with Crippen LogP contribution in [0.4, 0.5) is 4.39 Å². The zero-order valence-corrected chi connectivity index (χ0v) is 11.8. The highest BCUT2D eigenvalue weighted by atomic mass is 19.1. The van der Waals surface area contributed by atoms with Gasteiger partial charge in [0.1, 0.15) is 5.82 Å². The summed E-state index contributed by atoms with van der Waals surface area (Å²) in [5, 5.41) is 8.91. The molecule has 0 bridgehead atoms. The molecular weight excluding hydrogens is 257 g/mol. The summed E-state index contributed by atoms with van der Waals surface area (Å²) >= 11 is 0. The van der Waals surface area contributed by atoms with E-state index in [0.717, 1.165) is 51.3 Å². The number of hydrogen-bond acceptors (Lipinski definition) is 4. The van der Waals surface area contributed by atoms with E-state index >= 15 is 0 Å². The molecule has 1 atom stereocenters. The molecular formula is C15H24FN3O. The molecule has 0 amide bonds. The van der Waals surface area contributed by atoms with Crippen molar-refractivity contribution >= 4 is 0 Å². The summed E-state index contributed by atoms with van der Waals surface area (Å²) in [5.74, 6) is -0.221. The van der Waals surface area contributed by atoms with Crippen molar-refractivity contribution in [3.05, 3.63) is 35.6 Å².